The molecule has 0 saturated heterocycles. The minimum atomic E-state index is 0.488. The van der Waals surface area contributed by atoms with E-state index in [1.165, 1.54) is 47.9 Å². The second kappa shape index (κ2) is 6.79. The Labute approximate surface area is 136 Å². The summed E-state index contributed by atoms with van der Waals surface area (Å²) in [6.07, 6.45) is 6.13. The Kier molecular flexibility index (Phi) is 4.80. The van der Waals surface area contributed by atoms with E-state index in [4.69, 9.17) is 0 Å². The van der Waals surface area contributed by atoms with E-state index in [2.05, 4.69) is 71.4 Å². The molecule has 21 heavy (non-hydrogen) atoms. The van der Waals surface area contributed by atoms with Crippen molar-refractivity contribution in [3.8, 4) is 0 Å². The van der Waals surface area contributed by atoms with Crippen molar-refractivity contribution in [1.29, 1.82) is 0 Å². The average molecular weight is 343 g/mol. The topological polar surface area (TPSA) is 0 Å². The zero-order valence-electron chi connectivity index (χ0n) is 12.7. The number of halogens is 1. The van der Waals surface area contributed by atoms with E-state index in [0.29, 0.717) is 10.7 Å². The first-order valence-electron chi connectivity index (χ1n) is 8.07. The van der Waals surface area contributed by atoms with Gasteiger partial charge in [0.1, 0.15) is 0 Å². The summed E-state index contributed by atoms with van der Waals surface area (Å²) in [5, 5.41) is 0. The van der Waals surface area contributed by atoms with Gasteiger partial charge in [-0.2, -0.15) is 0 Å². The highest BCUT2D eigenvalue weighted by Gasteiger charge is 2.25. The maximum Gasteiger partial charge on any atom is 0.0429 e. The van der Waals surface area contributed by atoms with Crippen LogP contribution in [0, 0.1) is 5.92 Å². The van der Waals surface area contributed by atoms with Gasteiger partial charge in [-0.25, -0.2) is 0 Å². The highest BCUT2D eigenvalue weighted by molar-refractivity contribution is 9.09. The van der Waals surface area contributed by atoms with Gasteiger partial charge >= 0.3 is 0 Å². The van der Waals surface area contributed by atoms with Crippen molar-refractivity contribution in [3.05, 3.63) is 70.8 Å². The van der Waals surface area contributed by atoms with Crippen molar-refractivity contribution in [2.45, 2.75) is 43.9 Å². The van der Waals surface area contributed by atoms with E-state index in [-0.39, 0.29) is 0 Å². The van der Waals surface area contributed by atoms with Crippen molar-refractivity contribution in [2.24, 2.45) is 5.92 Å². The first kappa shape index (κ1) is 14.8. The Bertz CT molecular complexity index is 585. The number of aryl methyl sites for hydroxylation is 2. The van der Waals surface area contributed by atoms with Crippen molar-refractivity contribution in [2.75, 3.05) is 0 Å². The Morgan fingerprint density at radius 2 is 1.71 bits per heavy atom. The maximum atomic E-state index is 3.99. The fraction of sp³-hybridized carbons (Fsp3) is 0.400. The molecule has 1 heteroatoms. The lowest BCUT2D eigenvalue weighted by molar-refractivity contribution is 0.475. The van der Waals surface area contributed by atoms with Crippen LogP contribution in [0.5, 0.6) is 0 Å². The molecule has 2 aromatic rings. The normalized spacial score (nSPS) is 21.6. The predicted molar refractivity (Wildman–Crippen MR) is 94.1 cm³/mol. The standard InChI is InChI=1S/C20H23Br/c1-2-15-10-12-16(13-11-15)14-18-8-5-7-17-6-3-4-9-19(17)20(18)21/h3-4,6,9-13,18,20H,2,5,7-8,14H2,1H3. The van der Waals surface area contributed by atoms with Gasteiger partial charge in [0.2, 0.25) is 0 Å². The van der Waals surface area contributed by atoms with E-state index in [1.807, 2.05) is 0 Å². The van der Waals surface area contributed by atoms with Crippen molar-refractivity contribution >= 4 is 15.9 Å². The number of alkyl halides is 1. The monoisotopic (exact) mass is 342 g/mol. The summed E-state index contributed by atoms with van der Waals surface area (Å²) >= 11 is 3.99. The van der Waals surface area contributed by atoms with Gasteiger partial charge in [0, 0.05) is 4.83 Å². The molecule has 0 amide bonds. The SMILES string of the molecule is CCc1ccc(CC2CCCc3ccccc3C2Br)cc1. The van der Waals surface area contributed by atoms with E-state index in [0.717, 1.165) is 6.42 Å². The molecule has 0 aromatic heterocycles. The summed E-state index contributed by atoms with van der Waals surface area (Å²) in [6, 6.07) is 18.1. The molecule has 0 fully saturated rings. The molecule has 0 bridgehead atoms. The molecule has 2 atom stereocenters. The molecule has 1 aliphatic carbocycles. The fourth-order valence-electron chi connectivity index (χ4n) is 3.41. The third-order valence-corrected chi connectivity index (χ3v) is 5.96. The van der Waals surface area contributed by atoms with Gasteiger partial charge in [0.05, 0.1) is 0 Å². The van der Waals surface area contributed by atoms with Gasteiger partial charge in [-0.05, 0) is 60.3 Å². The Morgan fingerprint density at radius 3 is 2.48 bits per heavy atom. The van der Waals surface area contributed by atoms with Crippen LogP contribution >= 0.6 is 15.9 Å². The van der Waals surface area contributed by atoms with E-state index >= 15 is 0 Å². The predicted octanol–water partition coefficient (Wildman–Crippen LogP) is 5.88. The van der Waals surface area contributed by atoms with Crippen LogP contribution in [0.2, 0.25) is 0 Å². The number of hydrogen-bond acceptors (Lipinski definition) is 0. The number of rotatable bonds is 3. The summed E-state index contributed by atoms with van der Waals surface area (Å²) < 4.78 is 0. The number of benzene rings is 2. The van der Waals surface area contributed by atoms with Crippen molar-refractivity contribution in [3.63, 3.8) is 0 Å². The van der Waals surface area contributed by atoms with Gasteiger partial charge in [0.15, 0.2) is 0 Å². The van der Waals surface area contributed by atoms with Gasteiger partial charge in [-0.15, -0.1) is 0 Å². The minimum absolute atomic E-state index is 0.488. The second-order valence-electron chi connectivity index (χ2n) is 6.13. The van der Waals surface area contributed by atoms with Crippen LogP contribution in [0.3, 0.4) is 0 Å². The molecule has 0 saturated carbocycles. The van der Waals surface area contributed by atoms with Crippen LogP contribution < -0.4 is 0 Å². The molecule has 3 rings (SSSR count). The lowest BCUT2D eigenvalue weighted by Gasteiger charge is -2.22. The fourth-order valence-corrected chi connectivity index (χ4v) is 4.30. The van der Waals surface area contributed by atoms with E-state index in [1.54, 1.807) is 0 Å². The highest BCUT2D eigenvalue weighted by atomic mass is 79.9. The average Bonchev–Trinajstić information content (AvgIpc) is 2.69. The highest BCUT2D eigenvalue weighted by Crippen LogP contribution is 2.40. The molecule has 2 unspecified atom stereocenters. The molecule has 0 spiro atoms. The van der Waals surface area contributed by atoms with Gasteiger partial charge < -0.3 is 0 Å². The maximum absolute atomic E-state index is 3.99. The Hall–Kier alpha value is -1.08. The van der Waals surface area contributed by atoms with Gasteiger partial charge in [-0.1, -0.05) is 71.4 Å². The van der Waals surface area contributed by atoms with Crippen molar-refractivity contribution < 1.29 is 0 Å². The molecule has 0 N–H and O–H groups in total. The van der Waals surface area contributed by atoms with Crippen LogP contribution in [-0.2, 0) is 19.3 Å². The van der Waals surface area contributed by atoms with Crippen molar-refractivity contribution in [1.82, 2.24) is 0 Å². The smallest absolute Gasteiger partial charge is 0.0429 e. The summed E-state index contributed by atoms with van der Waals surface area (Å²) in [5.41, 5.74) is 5.94. The lowest BCUT2D eigenvalue weighted by atomic mass is 9.90. The van der Waals surface area contributed by atoms with Gasteiger partial charge in [0.25, 0.3) is 0 Å². The zero-order valence-corrected chi connectivity index (χ0v) is 14.3. The summed E-state index contributed by atoms with van der Waals surface area (Å²) in [5.74, 6) is 0.695. The Balaban J connectivity index is 1.78. The molecular formula is C20H23Br. The molecule has 0 nitrogen and oxygen atoms in total. The van der Waals surface area contributed by atoms with E-state index in [9.17, 15) is 0 Å². The van der Waals surface area contributed by atoms with Crippen LogP contribution in [0.4, 0.5) is 0 Å². The van der Waals surface area contributed by atoms with E-state index < -0.39 is 0 Å². The summed E-state index contributed by atoms with van der Waals surface area (Å²) in [4.78, 5) is 0.488. The first-order valence-corrected chi connectivity index (χ1v) is 8.99. The number of fused-ring (bicyclic) bond motifs is 1. The summed E-state index contributed by atoms with van der Waals surface area (Å²) in [6.45, 7) is 2.21. The van der Waals surface area contributed by atoms with Crippen LogP contribution in [0.15, 0.2) is 48.5 Å². The van der Waals surface area contributed by atoms with Crippen LogP contribution in [0.1, 0.15) is 46.8 Å². The molecule has 0 aliphatic heterocycles. The molecule has 110 valence electrons. The number of hydrogen-bond donors (Lipinski definition) is 0. The molecule has 0 heterocycles. The largest absolute Gasteiger partial charge is 0.0836 e. The molecular weight excluding hydrogens is 320 g/mol. The minimum Gasteiger partial charge on any atom is -0.0836 e. The lowest BCUT2D eigenvalue weighted by Crippen LogP contribution is -2.10. The second-order valence-corrected chi connectivity index (χ2v) is 7.11. The molecule has 0 radical (unpaired) electrons. The quantitative estimate of drug-likeness (QED) is 0.482. The third kappa shape index (κ3) is 3.40. The van der Waals surface area contributed by atoms with Crippen LogP contribution in [0.25, 0.3) is 0 Å². The molecule has 2 aromatic carbocycles. The van der Waals surface area contributed by atoms with Gasteiger partial charge in [-0.3, -0.25) is 0 Å². The first-order chi connectivity index (χ1) is 10.3. The third-order valence-electron chi connectivity index (χ3n) is 4.72. The Morgan fingerprint density at radius 1 is 1.00 bits per heavy atom. The zero-order chi connectivity index (χ0) is 14.7. The summed E-state index contributed by atoms with van der Waals surface area (Å²) in [7, 11) is 0. The molecule has 1 aliphatic rings. The van der Waals surface area contributed by atoms with Crippen LogP contribution in [-0.4, -0.2) is 0 Å².